The first-order valence-corrected chi connectivity index (χ1v) is 40.3. The molecule has 1 aliphatic carbocycles. The zero-order valence-electron chi connectivity index (χ0n) is 63.4. The number of nitrogens with two attached hydrogens (primary N) is 1. The molecule has 0 radical (unpaired) electrons. The van der Waals surface area contributed by atoms with Crippen molar-refractivity contribution in [1.82, 2.24) is 44.1 Å². The van der Waals surface area contributed by atoms with Gasteiger partial charge >= 0.3 is 24.1 Å². The van der Waals surface area contributed by atoms with Crippen LogP contribution in [0, 0.1) is 5.92 Å². The lowest BCUT2D eigenvalue weighted by molar-refractivity contribution is -0.131. The summed E-state index contributed by atoms with van der Waals surface area (Å²) in [6.07, 6.45) is 16.0. The van der Waals surface area contributed by atoms with Crippen molar-refractivity contribution in [2.75, 3.05) is 45.8 Å². The van der Waals surface area contributed by atoms with Gasteiger partial charge in [0.25, 0.3) is 23.6 Å². The quantitative estimate of drug-likeness (QED) is 0.0416. The fourth-order valence-electron chi connectivity index (χ4n) is 15.1. The van der Waals surface area contributed by atoms with Crippen molar-refractivity contribution in [1.29, 1.82) is 0 Å². The van der Waals surface area contributed by atoms with E-state index in [-0.39, 0.29) is 82.7 Å². The number of imide groups is 4. The fraction of sp³-hybridized carbons (Fsp3) is 0.471. The van der Waals surface area contributed by atoms with Crippen LogP contribution in [-0.2, 0) is 66.2 Å². The summed E-state index contributed by atoms with van der Waals surface area (Å²) in [5.74, 6) is 0.228. The number of nitrogens with zero attached hydrogens (tertiary/aromatic N) is 9. The van der Waals surface area contributed by atoms with E-state index in [2.05, 4.69) is 38.1 Å². The van der Waals surface area contributed by atoms with Gasteiger partial charge in [-0.1, -0.05) is 217 Å². The van der Waals surface area contributed by atoms with Gasteiger partial charge in [0.15, 0.2) is 0 Å². The van der Waals surface area contributed by atoms with Crippen molar-refractivity contribution in [3.63, 3.8) is 0 Å². The Morgan fingerprint density at radius 2 is 0.944 bits per heavy atom. The van der Waals surface area contributed by atoms with Gasteiger partial charge in [-0.25, -0.2) is 32.7 Å². The normalized spacial score (nSPS) is 19.2. The van der Waals surface area contributed by atoms with Crippen molar-refractivity contribution in [2.45, 2.75) is 211 Å². The Hall–Kier alpha value is -9.54. The minimum absolute atomic E-state index is 0.00205. The van der Waals surface area contributed by atoms with E-state index < -0.39 is 22.1 Å². The SMILES string of the molecule is CC(C)CN1C(=O)N(C(C)C)C(=O)C1c1ccccc1.CCC1C(=O)N(Cc2ccccc2)C(=O)N1CCCc1ccccc1.CCCCN1C(=O)C(CCc2ccccc2)N(CCc2ccc(S(N)(=O)=O)cc2)C1=O.O=C1CCCN1CCCN1C(=O)N(C2CCCCC2)C(=O)C1CCCc1ccccc1. The average Bonchev–Trinajstić information content (AvgIpc) is 1.66. The number of amides is 13. The highest BCUT2D eigenvalue weighted by Gasteiger charge is 2.50. The number of urea groups is 4. The molecular weight excluding hydrogens is 1370 g/mol. The molecule has 4 unspecified atom stereocenters. The number of primary sulfonamides is 1. The molecule has 0 bridgehead atoms. The minimum Gasteiger partial charge on any atom is -0.343 e. The molecule has 4 atom stereocenters. The predicted molar refractivity (Wildman–Crippen MR) is 414 cm³/mol. The van der Waals surface area contributed by atoms with Crippen LogP contribution >= 0.6 is 0 Å². The van der Waals surface area contributed by atoms with Crippen LogP contribution in [0.1, 0.15) is 177 Å². The maximum absolute atomic E-state index is 13.3. The zero-order valence-corrected chi connectivity index (χ0v) is 64.2. The molecule has 1 saturated carbocycles. The van der Waals surface area contributed by atoms with E-state index in [1.807, 2.05) is 165 Å². The Morgan fingerprint density at radius 1 is 0.439 bits per heavy atom. The Bertz CT molecular complexity index is 4020. The molecule has 572 valence electrons. The van der Waals surface area contributed by atoms with Gasteiger partial charge in [-0.05, 0) is 155 Å². The van der Waals surface area contributed by atoms with Gasteiger partial charge in [-0.3, -0.25) is 43.6 Å². The molecule has 13 amide bonds. The number of aryl methyl sites for hydroxylation is 3. The van der Waals surface area contributed by atoms with Crippen LogP contribution < -0.4 is 5.14 Å². The Labute approximate surface area is 633 Å². The van der Waals surface area contributed by atoms with Crippen molar-refractivity contribution < 1.29 is 51.6 Å². The number of benzene rings is 6. The van der Waals surface area contributed by atoms with Gasteiger partial charge < -0.3 is 24.5 Å². The van der Waals surface area contributed by atoms with Crippen LogP contribution in [0.2, 0.25) is 0 Å². The number of sulfonamides is 1. The summed E-state index contributed by atoms with van der Waals surface area (Å²) in [7, 11) is -3.74. The second kappa shape index (κ2) is 39.9. The molecule has 6 fully saturated rings. The first-order chi connectivity index (χ1) is 51.6. The maximum atomic E-state index is 13.3. The Kier molecular flexibility index (Phi) is 30.4. The molecule has 0 spiro atoms. The molecule has 0 aromatic heterocycles. The van der Waals surface area contributed by atoms with Crippen molar-refractivity contribution in [2.24, 2.45) is 11.1 Å². The highest BCUT2D eigenvalue weighted by Crippen LogP contribution is 2.35. The summed E-state index contributed by atoms with van der Waals surface area (Å²) in [6, 6.07) is 53.6. The van der Waals surface area contributed by atoms with E-state index in [1.165, 1.54) is 44.4 Å². The summed E-state index contributed by atoms with van der Waals surface area (Å²) in [5.41, 5.74) is 6.40. The lowest BCUT2D eigenvalue weighted by Gasteiger charge is -2.29. The van der Waals surface area contributed by atoms with E-state index in [0.29, 0.717) is 90.3 Å². The molecule has 5 heterocycles. The van der Waals surface area contributed by atoms with Crippen LogP contribution in [0.3, 0.4) is 0 Å². The third-order valence-corrected chi connectivity index (χ3v) is 21.7. The van der Waals surface area contributed by atoms with Gasteiger partial charge in [-0.15, -0.1) is 0 Å². The van der Waals surface area contributed by atoms with Crippen LogP contribution in [0.5, 0.6) is 0 Å². The lowest BCUT2D eigenvalue weighted by Crippen LogP contribution is -2.42. The predicted octanol–water partition coefficient (Wildman–Crippen LogP) is 13.8. The smallest absolute Gasteiger partial charge is 0.327 e. The van der Waals surface area contributed by atoms with Crippen LogP contribution in [0.25, 0.3) is 0 Å². The van der Waals surface area contributed by atoms with Gasteiger partial charge in [0.05, 0.1) is 11.4 Å². The van der Waals surface area contributed by atoms with Gasteiger partial charge in [0.1, 0.15) is 24.2 Å². The number of carbonyl (C=O) groups is 9. The largest absolute Gasteiger partial charge is 0.343 e. The minimum atomic E-state index is -3.74. The second-order valence-electron chi connectivity index (χ2n) is 29.3. The maximum Gasteiger partial charge on any atom is 0.327 e. The van der Waals surface area contributed by atoms with Crippen molar-refractivity contribution in [3.8, 4) is 0 Å². The van der Waals surface area contributed by atoms with Crippen LogP contribution in [0.4, 0.5) is 19.2 Å². The molecular formula is C85H110N10O11S. The molecule has 6 aromatic carbocycles. The molecule has 22 heteroatoms. The van der Waals surface area contributed by atoms with E-state index in [1.54, 1.807) is 31.7 Å². The van der Waals surface area contributed by atoms with Crippen LogP contribution in [-0.4, -0.2) is 182 Å². The van der Waals surface area contributed by atoms with Gasteiger partial charge in [0, 0.05) is 64.3 Å². The molecule has 5 saturated heterocycles. The van der Waals surface area contributed by atoms with Gasteiger partial charge in [0.2, 0.25) is 15.9 Å². The number of hydrogen-bond donors (Lipinski definition) is 1. The fourth-order valence-corrected chi connectivity index (χ4v) is 15.7. The average molecular weight is 1480 g/mol. The highest BCUT2D eigenvalue weighted by molar-refractivity contribution is 7.89. The summed E-state index contributed by atoms with van der Waals surface area (Å²) >= 11 is 0. The molecule has 107 heavy (non-hydrogen) atoms. The van der Waals surface area contributed by atoms with E-state index in [9.17, 15) is 51.6 Å². The number of hydrogen-bond acceptors (Lipinski definition) is 11. The topological polar surface area (TPSA) is 243 Å². The van der Waals surface area contributed by atoms with E-state index in [4.69, 9.17) is 5.14 Å². The number of rotatable bonds is 30. The lowest BCUT2D eigenvalue weighted by atomic mass is 9.94. The Balaban J connectivity index is 0.000000167. The van der Waals surface area contributed by atoms with Crippen molar-refractivity contribution >= 4 is 63.7 Å². The molecule has 21 nitrogen and oxygen atoms in total. The van der Waals surface area contributed by atoms with Crippen LogP contribution in [0.15, 0.2) is 181 Å². The number of carbonyl (C=O) groups excluding carboxylic acids is 9. The molecule has 5 aliphatic heterocycles. The monoisotopic (exact) mass is 1480 g/mol. The standard InChI is InChI=1S/C25H35N3O3.C23H29N3O4S.C21H24N2O2.C16H22N2O2/c29-23-16-8-17-26(23)18-9-19-27-22(15-7-12-20-10-3-1-4-11-20)24(30)28(25(27)31)21-13-5-2-6-14-21;1-2-3-16-26-22(27)21(14-11-18-7-5-4-6-8-18)25(23(26)28)17-15-19-9-12-20(13-10-19)31(24,29)30;1-2-19-20(24)23(16-18-12-7-4-8-13-18)21(25)22(19)15-9-14-17-10-5-3-6-11-17;1-11(2)10-17-14(13-8-6-5-7-9-13)15(19)18(12(3)4)16(17)20/h1,3-4,10-11,21-22H,2,5-9,12-19H2;4-10,12-13,21H,2-3,11,14-17H2,1H3,(H2,24,29,30);3-8,10-13,19H,2,9,14-16H2,1H3;5-9,11-12,14H,10H2,1-4H3. The third kappa shape index (κ3) is 21.9. The summed E-state index contributed by atoms with van der Waals surface area (Å²) in [6.45, 7) is 16.3. The highest BCUT2D eigenvalue weighted by atomic mass is 32.2. The molecule has 2 N–H and O–H groups in total. The summed E-state index contributed by atoms with van der Waals surface area (Å²) in [4.78, 5) is 130. The van der Waals surface area contributed by atoms with Gasteiger partial charge in [-0.2, -0.15) is 0 Å². The Morgan fingerprint density at radius 3 is 1.49 bits per heavy atom. The van der Waals surface area contributed by atoms with E-state index in [0.717, 1.165) is 106 Å². The van der Waals surface area contributed by atoms with E-state index >= 15 is 0 Å². The summed E-state index contributed by atoms with van der Waals surface area (Å²) < 4.78 is 22.9. The second-order valence-corrected chi connectivity index (χ2v) is 30.9. The summed E-state index contributed by atoms with van der Waals surface area (Å²) in [5, 5.41) is 5.14. The number of unbranched alkanes of at least 4 members (excludes halogenated alkanes) is 1. The first kappa shape index (κ1) is 81.5. The zero-order chi connectivity index (χ0) is 76.6. The molecule has 6 aromatic rings. The third-order valence-electron chi connectivity index (χ3n) is 20.8. The molecule has 6 aliphatic rings. The number of likely N-dealkylation sites (tertiary alicyclic amines) is 1. The van der Waals surface area contributed by atoms with Crippen molar-refractivity contribution in [3.05, 3.63) is 209 Å². The first-order valence-electron chi connectivity index (χ1n) is 38.7. The molecule has 12 rings (SSSR count).